The van der Waals surface area contributed by atoms with Crippen molar-refractivity contribution >= 4 is 43.5 Å². The number of benzene rings is 2. The molecular formula is C26H34BrN3O6S. The van der Waals surface area contributed by atoms with Crippen LogP contribution in [0, 0.1) is 0 Å². The fraction of sp³-hybridized carbons (Fsp3) is 0.462. The molecule has 0 saturated carbocycles. The second kappa shape index (κ2) is 13.1. The van der Waals surface area contributed by atoms with Crippen LogP contribution in [0.5, 0.6) is 11.5 Å². The summed E-state index contributed by atoms with van der Waals surface area (Å²) < 4.78 is 37.9. The second-order valence-corrected chi connectivity index (χ2v) is 11.8. The average molecular weight is 597 g/mol. The molecule has 2 aromatic rings. The van der Waals surface area contributed by atoms with Crippen LogP contribution in [0.15, 0.2) is 46.9 Å². The van der Waals surface area contributed by atoms with Gasteiger partial charge in [-0.3, -0.25) is 13.9 Å². The fourth-order valence-electron chi connectivity index (χ4n) is 3.99. The quantitative estimate of drug-likeness (QED) is 0.350. The fourth-order valence-corrected chi connectivity index (χ4v) is 5.40. The maximum Gasteiger partial charge on any atom is 0.242 e. The molecule has 0 radical (unpaired) electrons. The van der Waals surface area contributed by atoms with Crippen LogP contribution in [0.4, 0.5) is 5.69 Å². The summed E-state index contributed by atoms with van der Waals surface area (Å²) in [6.45, 7) is 4.76. The van der Waals surface area contributed by atoms with Gasteiger partial charge in [-0.1, -0.05) is 41.4 Å². The molecule has 1 aliphatic rings. The van der Waals surface area contributed by atoms with E-state index in [2.05, 4.69) is 21.2 Å². The van der Waals surface area contributed by atoms with Gasteiger partial charge in [0.15, 0.2) is 11.5 Å². The summed E-state index contributed by atoms with van der Waals surface area (Å²) >= 11 is 3.45. The van der Waals surface area contributed by atoms with Gasteiger partial charge in [0.25, 0.3) is 0 Å². The largest absolute Gasteiger partial charge is 0.454 e. The van der Waals surface area contributed by atoms with Crippen molar-refractivity contribution < 1.29 is 27.5 Å². The maximum atomic E-state index is 13.4. The lowest BCUT2D eigenvalue weighted by molar-refractivity contribution is -0.140. The third kappa shape index (κ3) is 8.10. The molecule has 202 valence electrons. The molecule has 0 spiro atoms. The number of rotatable bonds is 13. The zero-order valence-electron chi connectivity index (χ0n) is 21.4. The van der Waals surface area contributed by atoms with E-state index in [1.54, 1.807) is 30.0 Å². The Morgan fingerprint density at radius 1 is 1.11 bits per heavy atom. The first-order valence-corrected chi connectivity index (χ1v) is 14.9. The molecule has 0 saturated heterocycles. The van der Waals surface area contributed by atoms with Gasteiger partial charge in [-0.2, -0.15) is 0 Å². The van der Waals surface area contributed by atoms with Crippen molar-refractivity contribution in [3.63, 3.8) is 0 Å². The van der Waals surface area contributed by atoms with Gasteiger partial charge in [0, 0.05) is 36.6 Å². The van der Waals surface area contributed by atoms with Gasteiger partial charge < -0.3 is 19.7 Å². The zero-order valence-corrected chi connectivity index (χ0v) is 23.8. The summed E-state index contributed by atoms with van der Waals surface area (Å²) in [5.74, 6) is 0.597. The molecule has 2 aromatic carbocycles. The minimum Gasteiger partial charge on any atom is -0.454 e. The van der Waals surface area contributed by atoms with E-state index in [-0.39, 0.29) is 44.5 Å². The van der Waals surface area contributed by atoms with Crippen LogP contribution in [0.2, 0.25) is 0 Å². The predicted octanol–water partition coefficient (Wildman–Crippen LogP) is 4.06. The molecule has 37 heavy (non-hydrogen) atoms. The lowest BCUT2D eigenvalue weighted by Gasteiger charge is -2.29. The number of nitrogens with one attached hydrogen (secondary N) is 1. The average Bonchev–Trinajstić information content (AvgIpc) is 3.32. The van der Waals surface area contributed by atoms with Crippen LogP contribution in [0.3, 0.4) is 0 Å². The van der Waals surface area contributed by atoms with E-state index < -0.39 is 16.1 Å². The third-order valence-electron chi connectivity index (χ3n) is 6.04. The first kappa shape index (κ1) is 28.8. The Morgan fingerprint density at radius 2 is 1.86 bits per heavy atom. The molecule has 0 aliphatic carbocycles. The number of sulfonamides is 1. The first-order chi connectivity index (χ1) is 17.6. The summed E-state index contributed by atoms with van der Waals surface area (Å²) in [6.07, 6.45) is 3.30. The van der Waals surface area contributed by atoms with Crippen molar-refractivity contribution in [2.45, 2.75) is 52.1 Å². The molecule has 2 amide bonds. The van der Waals surface area contributed by atoms with Gasteiger partial charge in [-0.05, 0) is 49.6 Å². The summed E-state index contributed by atoms with van der Waals surface area (Å²) in [5.41, 5.74) is 1.32. The molecule has 0 bridgehead atoms. The number of ether oxygens (including phenoxy) is 2. The van der Waals surface area contributed by atoms with Crippen LogP contribution in [0.25, 0.3) is 0 Å². The van der Waals surface area contributed by atoms with Gasteiger partial charge in [-0.25, -0.2) is 8.42 Å². The summed E-state index contributed by atoms with van der Waals surface area (Å²) in [6, 6.07) is 11.8. The number of carbonyl (C=O) groups excluding carboxylic acids is 2. The highest BCUT2D eigenvalue weighted by Crippen LogP contribution is 2.36. The highest BCUT2D eigenvalue weighted by atomic mass is 79.9. The molecule has 1 heterocycles. The highest BCUT2D eigenvalue weighted by molar-refractivity contribution is 9.10. The van der Waals surface area contributed by atoms with Gasteiger partial charge in [-0.15, -0.1) is 0 Å². The minimum atomic E-state index is -3.61. The van der Waals surface area contributed by atoms with Crippen molar-refractivity contribution in [2.75, 3.05) is 30.4 Å². The van der Waals surface area contributed by atoms with Crippen molar-refractivity contribution in [1.29, 1.82) is 0 Å². The third-order valence-corrected chi connectivity index (χ3v) is 7.72. The first-order valence-electron chi connectivity index (χ1n) is 12.3. The standard InChI is InChI=1S/C26H34BrN3O6S/c1-4-5-13-28-26(32)19(2)29(17-20-8-6-9-21(27)15-20)25(31)10-7-14-30(37(3,33)34)22-11-12-23-24(16-22)36-18-35-23/h6,8-9,11-12,15-16,19H,4-5,7,10,13-14,17-18H2,1-3H3,(H,28,32)/t19-/m1/s1. The number of unbranched alkanes of at least 4 members (excludes halogenated alkanes) is 1. The van der Waals surface area contributed by atoms with E-state index >= 15 is 0 Å². The van der Waals surface area contributed by atoms with E-state index in [0.29, 0.717) is 23.7 Å². The molecule has 9 nitrogen and oxygen atoms in total. The highest BCUT2D eigenvalue weighted by Gasteiger charge is 2.27. The Hall–Kier alpha value is -2.79. The number of anilines is 1. The molecule has 0 aromatic heterocycles. The molecule has 1 atom stereocenters. The number of hydrogen-bond donors (Lipinski definition) is 1. The Bertz CT molecular complexity index is 1210. The molecule has 3 rings (SSSR count). The van der Waals surface area contributed by atoms with Gasteiger partial charge >= 0.3 is 0 Å². The van der Waals surface area contributed by atoms with Gasteiger partial charge in [0.1, 0.15) is 6.04 Å². The van der Waals surface area contributed by atoms with Crippen LogP contribution in [-0.2, 0) is 26.2 Å². The number of amides is 2. The van der Waals surface area contributed by atoms with Crippen LogP contribution in [-0.4, -0.2) is 57.3 Å². The van der Waals surface area contributed by atoms with E-state index in [1.807, 2.05) is 31.2 Å². The molecule has 1 aliphatic heterocycles. The van der Waals surface area contributed by atoms with Crippen LogP contribution < -0.4 is 19.1 Å². The smallest absolute Gasteiger partial charge is 0.242 e. The molecular weight excluding hydrogens is 562 g/mol. The number of nitrogens with zero attached hydrogens (tertiary/aromatic N) is 2. The Kier molecular flexibility index (Phi) is 10.2. The SMILES string of the molecule is CCCCNC(=O)[C@@H](C)N(Cc1cccc(Br)c1)C(=O)CCCN(c1ccc2c(c1)OCO2)S(C)(=O)=O. The van der Waals surface area contributed by atoms with Crippen LogP contribution in [0.1, 0.15) is 45.1 Å². The van der Waals surface area contributed by atoms with Crippen LogP contribution >= 0.6 is 15.9 Å². The van der Waals surface area contributed by atoms with E-state index in [4.69, 9.17) is 9.47 Å². The lowest BCUT2D eigenvalue weighted by atomic mass is 10.1. The van der Waals surface area contributed by atoms with E-state index in [1.165, 1.54) is 4.31 Å². The number of hydrogen-bond acceptors (Lipinski definition) is 6. The minimum absolute atomic E-state index is 0.0805. The molecule has 1 N–H and O–H groups in total. The van der Waals surface area contributed by atoms with Crippen molar-refractivity contribution in [3.8, 4) is 11.5 Å². The van der Waals surface area contributed by atoms with Crippen molar-refractivity contribution in [3.05, 3.63) is 52.5 Å². The Labute approximate surface area is 227 Å². The predicted molar refractivity (Wildman–Crippen MR) is 146 cm³/mol. The maximum absolute atomic E-state index is 13.4. The number of carbonyl (C=O) groups is 2. The van der Waals surface area contributed by atoms with E-state index in [0.717, 1.165) is 29.1 Å². The topological polar surface area (TPSA) is 105 Å². The Morgan fingerprint density at radius 3 is 2.57 bits per heavy atom. The lowest BCUT2D eigenvalue weighted by Crippen LogP contribution is -2.48. The molecule has 0 unspecified atom stereocenters. The van der Waals surface area contributed by atoms with Crippen molar-refractivity contribution in [1.82, 2.24) is 10.2 Å². The van der Waals surface area contributed by atoms with Gasteiger partial charge in [0.05, 0.1) is 11.9 Å². The number of halogens is 1. The normalized spacial score (nSPS) is 13.2. The molecule has 11 heteroatoms. The summed E-state index contributed by atoms with van der Waals surface area (Å²) in [7, 11) is -3.61. The second-order valence-electron chi connectivity index (χ2n) is 8.95. The summed E-state index contributed by atoms with van der Waals surface area (Å²) in [5, 5.41) is 2.90. The zero-order chi connectivity index (χ0) is 27.0. The molecule has 0 fully saturated rings. The van der Waals surface area contributed by atoms with E-state index in [9.17, 15) is 18.0 Å². The summed E-state index contributed by atoms with van der Waals surface area (Å²) in [4.78, 5) is 27.7. The van der Waals surface area contributed by atoms with Gasteiger partial charge in [0.2, 0.25) is 28.6 Å². The monoisotopic (exact) mass is 595 g/mol. The Balaban J connectivity index is 1.71. The number of fused-ring (bicyclic) bond motifs is 1. The van der Waals surface area contributed by atoms with Crippen molar-refractivity contribution in [2.24, 2.45) is 0 Å².